The molecule has 0 radical (unpaired) electrons. The first-order chi connectivity index (χ1) is 16.2. The molecule has 0 bridgehead atoms. The summed E-state index contributed by atoms with van der Waals surface area (Å²) in [6.45, 7) is 0. The average Bonchev–Trinajstić information content (AvgIpc) is 3.54. The van der Waals surface area contributed by atoms with Gasteiger partial charge >= 0.3 is 0 Å². The first-order valence-electron chi connectivity index (χ1n) is 10.9. The molecule has 1 aliphatic rings. The van der Waals surface area contributed by atoms with Gasteiger partial charge in [-0.15, -0.1) is 11.3 Å². The van der Waals surface area contributed by atoms with Gasteiger partial charge in [-0.25, -0.2) is 19.3 Å². The maximum atomic E-state index is 14.2. The van der Waals surface area contributed by atoms with Crippen molar-refractivity contribution >= 4 is 27.4 Å². The van der Waals surface area contributed by atoms with E-state index in [4.69, 9.17) is 9.97 Å². The highest BCUT2D eigenvalue weighted by atomic mass is 32.1. The van der Waals surface area contributed by atoms with E-state index < -0.39 is 0 Å². The quantitative estimate of drug-likeness (QED) is 0.388. The molecule has 0 saturated heterocycles. The van der Waals surface area contributed by atoms with Crippen molar-refractivity contribution in [1.82, 2.24) is 24.5 Å². The third-order valence-corrected chi connectivity index (χ3v) is 7.25. The minimum absolute atomic E-state index is 0.284. The molecule has 8 heteroatoms. The lowest BCUT2D eigenvalue weighted by Crippen LogP contribution is -2.18. The summed E-state index contributed by atoms with van der Waals surface area (Å²) in [5.41, 5.74) is 2.97. The molecule has 0 amide bonds. The van der Waals surface area contributed by atoms with Gasteiger partial charge in [0.1, 0.15) is 28.3 Å². The number of hydrogen-bond donors (Lipinski definition) is 1. The van der Waals surface area contributed by atoms with Crippen LogP contribution in [0.1, 0.15) is 34.3 Å². The van der Waals surface area contributed by atoms with Crippen molar-refractivity contribution in [1.29, 1.82) is 0 Å². The van der Waals surface area contributed by atoms with Crippen LogP contribution in [0.15, 0.2) is 61.2 Å². The molecule has 164 valence electrons. The Balaban J connectivity index is 1.55. The lowest BCUT2D eigenvalue weighted by Gasteiger charge is -2.21. The molecule has 5 aromatic rings. The highest BCUT2D eigenvalue weighted by Gasteiger charge is 2.26. The second-order valence-corrected chi connectivity index (χ2v) is 9.29. The lowest BCUT2D eigenvalue weighted by molar-refractivity contribution is 0.622. The second-order valence-electron chi connectivity index (χ2n) is 8.20. The number of nitrogens with one attached hydrogen (secondary N) is 1. The summed E-state index contributed by atoms with van der Waals surface area (Å²) < 4.78 is 16.1. The van der Waals surface area contributed by atoms with Crippen LogP contribution in [0.5, 0.6) is 0 Å². The highest BCUT2D eigenvalue weighted by molar-refractivity contribution is 7.19. The first kappa shape index (κ1) is 20.0. The molecule has 0 spiro atoms. The molecule has 1 unspecified atom stereocenters. The largest absolute Gasteiger partial charge is 0.356 e. The summed E-state index contributed by atoms with van der Waals surface area (Å²) in [5.74, 6) is 1.86. The normalized spacial score (nSPS) is 13.9. The Morgan fingerprint density at radius 3 is 2.85 bits per heavy atom. The van der Waals surface area contributed by atoms with Crippen molar-refractivity contribution in [3.05, 3.63) is 88.8 Å². The van der Waals surface area contributed by atoms with Gasteiger partial charge in [0.15, 0.2) is 5.82 Å². The predicted octanol–water partition coefficient (Wildman–Crippen LogP) is 5.32. The van der Waals surface area contributed by atoms with Crippen LogP contribution in [-0.2, 0) is 19.9 Å². The number of anilines is 1. The molecule has 4 aromatic heterocycles. The van der Waals surface area contributed by atoms with Crippen LogP contribution in [-0.4, -0.2) is 24.5 Å². The van der Waals surface area contributed by atoms with E-state index in [1.807, 2.05) is 36.0 Å². The minimum atomic E-state index is -0.377. The van der Waals surface area contributed by atoms with Gasteiger partial charge in [0, 0.05) is 42.3 Å². The maximum Gasteiger partial charge on any atom is 0.164 e. The zero-order valence-electron chi connectivity index (χ0n) is 18.0. The molecule has 1 N–H and O–H groups in total. The van der Waals surface area contributed by atoms with Gasteiger partial charge in [-0.05, 0) is 54.7 Å². The van der Waals surface area contributed by atoms with E-state index in [1.165, 1.54) is 16.5 Å². The zero-order chi connectivity index (χ0) is 22.4. The van der Waals surface area contributed by atoms with Gasteiger partial charge in [0.05, 0.1) is 5.39 Å². The van der Waals surface area contributed by atoms with Crippen LogP contribution >= 0.6 is 11.3 Å². The first-order valence-corrected chi connectivity index (χ1v) is 11.7. The smallest absolute Gasteiger partial charge is 0.164 e. The third-order valence-electron chi connectivity index (χ3n) is 6.06. The summed E-state index contributed by atoms with van der Waals surface area (Å²) >= 11 is 1.74. The number of hydrogen-bond acceptors (Lipinski definition) is 6. The molecule has 1 aromatic carbocycles. The third kappa shape index (κ3) is 3.56. The van der Waals surface area contributed by atoms with Crippen molar-refractivity contribution in [3.63, 3.8) is 0 Å². The molecule has 4 heterocycles. The molecule has 0 fully saturated rings. The molecule has 6 nitrogen and oxygen atoms in total. The van der Waals surface area contributed by atoms with E-state index in [9.17, 15) is 4.39 Å². The standard InChI is InChI=1S/C25H21FN6S/c1-32-12-11-28-24(32)21(15-5-2-7-17(26)13-15)29-23-20-18-8-3-9-19(18)33-25(20)31-22(30-23)16-6-4-10-27-14-16/h2,4-7,10-14,21H,3,8-9H2,1H3,(H,29,30,31). The second kappa shape index (κ2) is 8.04. The molecule has 1 atom stereocenters. The van der Waals surface area contributed by atoms with Crippen molar-refractivity contribution in [2.75, 3.05) is 5.32 Å². The molecular weight excluding hydrogens is 435 g/mol. The van der Waals surface area contributed by atoms with Crippen molar-refractivity contribution < 1.29 is 4.39 Å². The Kier molecular flexibility index (Phi) is 4.87. The van der Waals surface area contributed by atoms with E-state index in [1.54, 1.807) is 42.1 Å². The molecule has 6 rings (SSSR count). The number of pyridine rings is 1. The number of nitrogens with zero attached hydrogens (tertiary/aromatic N) is 5. The number of imidazole rings is 1. The number of thiophene rings is 1. The van der Waals surface area contributed by atoms with Gasteiger partial charge in [0.25, 0.3) is 0 Å². The minimum Gasteiger partial charge on any atom is -0.356 e. The topological polar surface area (TPSA) is 68.5 Å². The summed E-state index contributed by atoms with van der Waals surface area (Å²) in [5, 5.41) is 4.69. The fourth-order valence-electron chi connectivity index (χ4n) is 4.50. The lowest BCUT2D eigenvalue weighted by atomic mass is 10.1. The van der Waals surface area contributed by atoms with E-state index >= 15 is 0 Å². The van der Waals surface area contributed by atoms with Crippen LogP contribution in [0.2, 0.25) is 0 Å². The van der Waals surface area contributed by atoms with E-state index in [0.717, 1.165) is 52.2 Å². The van der Waals surface area contributed by atoms with Gasteiger partial charge in [0.2, 0.25) is 0 Å². The summed E-state index contributed by atoms with van der Waals surface area (Å²) in [7, 11) is 1.94. The summed E-state index contributed by atoms with van der Waals surface area (Å²) in [4.78, 5) is 21.0. The molecule has 0 saturated carbocycles. The monoisotopic (exact) mass is 456 g/mol. The number of halogens is 1. The SMILES string of the molecule is Cn1ccnc1C(Nc1nc(-c2cccnc2)nc2sc3c(c12)CCC3)c1cccc(F)c1. The van der Waals surface area contributed by atoms with Crippen molar-refractivity contribution in [2.24, 2.45) is 7.05 Å². The Bertz CT molecular complexity index is 1460. The Labute approximate surface area is 194 Å². The van der Waals surface area contributed by atoms with Crippen LogP contribution in [0.4, 0.5) is 10.2 Å². The molecule has 1 aliphatic carbocycles. The fourth-order valence-corrected chi connectivity index (χ4v) is 5.76. The summed E-state index contributed by atoms with van der Waals surface area (Å²) in [6.07, 6.45) is 10.4. The van der Waals surface area contributed by atoms with Gasteiger partial charge in [-0.3, -0.25) is 4.98 Å². The fraction of sp³-hybridized carbons (Fsp3) is 0.200. The highest BCUT2D eigenvalue weighted by Crippen LogP contribution is 2.41. The number of rotatable bonds is 5. The summed E-state index contributed by atoms with van der Waals surface area (Å²) in [6, 6.07) is 10.1. The number of aryl methyl sites for hydroxylation is 3. The predicted molar refractivity (Wildman–Crippen MR) is 128 cm³/mol. The van der Waals surface area contributed by atoms with Crippen LogP contribution in [0.25, 0.3) is 21.6 Å². The van der Waals surface area contributed by atoms with Gasteiger partial charge in [-0.2, -0.15) is 0 Å². The van der Waals surface area contributed by atoms with Gasteiger partial charge in [-0.1, -0.05) is 12.1 Å². The number of fused-ring (bicyclic) bond motifs is 3. The number of aromatic nitrogens is 5. The van der Waals surface area contributed by atoms with Gasteiger partial charge < -0.3 is 9.88 Å². The van der Waals surface area contributed by atoms with E-state index in [0.29, 0.717) is 5.82 Å². The van der Waals surface area contributed by atoms with Crippen LogP contribution in [0.3, 0.4) is 0 Å². The van der Waals surface area contributed by atoms with E-state index in [-0.39, 0.29) is 11.9 Å². The van der Waals surface area contributed by atoms with Crippen molar-refractivity contribution in [3.8, 4) is 11.4 Å². The Hall–Kier alpha value is -3.65. The van der Waals surface area contributed by atoms with Crippen LogP contribution < -0.4 is 5.32 Å². The Morgan fingerprint density at radius 2 is 2.06 bits per heavy atom. The molecule has 0 aliphatic heterocycles. The van der Waals surface area contributed by atoms with Crippen molar-refractivity contribution in [2.45, 2.75) is 25.3 Å². The molecular formula is C25H21FN6S. The maximum absolute atomic E-state index is 14.2. The Morgan fingerprint density at radius 1 is 1.12 bits per heavy atom. The van der Waals surface area contributed by atoms with E-state index in [2.05, 4.69) is 15.3 Å². The van der Waals surface area contributed by atoms with Crippen LogP contribution in [0, 0.1) is 5.82 Å². The zero-order valence-corrected chi connectivity index (χ0v) is 18.8. The number of benzene rings is 1. The average molecular weight is 457 g/mol. The molecule has 33 heavy (non-hydrogen) atoms.